The molecule has 1 rings (SSSR count). The summed E-state index contributed by atoms with van der Waals surface area (Å²) in [6, 6.07) is 5.50. The summed E-state index contributed by atoms with van der Waals surface area (Å²) in [4.78, 5) is 0. The predicted octanol–water partition coefficient (Wildman–Crippen LogP) is 0.731. The van der Waals surface area contributed by atoms with E-state index in [2.05, 4.69) is 4.65 Å². The van der Waals surface area contributed by atoms with Crippen LogP contribution < -0.4 is 4.65 Å². The summed E-state index contributed by atoms with van der Waals surface area (Å²) in [5, 5.41) is 8.14. The highest BCUT2D eigenvalue weighted by Crippen LogP contribution is 2.10. The van der Waals surface area contributed by atoms with Crippen LogP contribution in [0.2, 0.25) is 0 Å². The highest BCUT2D eigenvalue weighted by molar-refractivity contribution is 6.17. The number of hydrogen-bond acceptors (Lipinski definition) is 2. The van der Waals surface area contributed by atoms with Crippen LogP contribution in [0.25, 0.3) is 0 Å². The lowest BCUT2D eigenvalue weighted by Crippen LogP contribution is -1.99. The fourth-order valence-corrected chi connectivity index (χ4v) is 0.601. The van der Waals surface area contributed by atoms with Crippen molar-refractivity contribution in [3.05, 3.63) is 30.1 Å². The van der Waals surface area contributed by atoms with E-state index in [1.165, 1.54) is 24.3 Å². The van der Waals surface area contributed by atoms with E-state index < -0.39 is 0 Å². The quantitative estimate of drug-likeness (QED) is 0.612. The summed E-state index contributed by atoms with van der Waals surface area (Å²) in [6.45, 7) is 0. The Bertz CT molecular complexity index is 217. The zero-order chi connectivity index (χ0) is 7.40. The van der Waals surface area contributed by atoms with Crippen LogP contribution >= 0.6 is 0 Å². The van der Waals surface area contributed by atoms with Gasteiger partial charge in [-0.3, -0.25) is 0 Å². The van der Waals surface area contributed by atoms with E-state index in [1.807, 2.05) is 0 Å². The molecule has 0 atom stereocenters. The SMILES string of the molecule is O[B]Oc1cccc(F)c1. The fourth-order valence-electron chi connectivity index (χ4n) is 0.601. The van der Waals surface area contributed by atoms with Crippen LogP contribution in [0.15, 0.2) is 24.3 Å². The topological polar surface area (TPSA) is 29.5 Å². The van der Waals surface area contributed by atoms with Gasteiger partial charge in [0.25, 0.3) is 0 Å². The molecule has 0 saturated heterocycles. The Morgan fingerprint density at radius 2 is 2.30 bits per heavy atom. The first-order valence-corrected chi connectivity index (χ1v) is 2.71. The third-order valence-electron chi connectivity index (χ3n) is 0.985. The largest absolute Gasteiger partial charge is 0.569 e. The minimum Gasteiger partial charge on any atom is -0.537 e. The molecule has 0 spiro atoms. The zero-order valence-electron chi connectivity index (χ0n) is 5.12. The van der Waals surface area contributed by atoms with E-state index >= 15 is 0 Å². The highest BCUT2D eigenvalue weighted by Gasteiger charge is 1.94. The molecular formula is C6H5BFO2. The van der Waals surface area contributed by atoms with Gasteiger partial charge in [-0.2, -0.15) is 0 Å². The van der Waals surface area contributed by atoms with Gasteiger partial charge in [0.2, 0.25) is 0 Å². The second-order valence-corrected chi connectivity index (χ2v) is 1.68. The minimum absolute atomic E-state index is 0.280. The molecule has 0 saturated carbocycles. The number of hydrogen-bond donors (Lipinski definition) is 1. The van der Waals surface area contributed by atoms with Crippen LogP contribution in [0.3, 0.4) is 0 Å². The van der Waals surface area contributed by atoms with Gasteiger partial charge < -0.3 is 9.68 Å². The average Bonchev–Trinajstić information content (AvgIpc) is 1.88. The van der Waals surface area contributed by atoms with E-state index in [1.54, 1.807) is 0 Å². The van der Waals surface area contributed by atoms with Gasteiger partial charge in [-0.15, -0.1) is 0 Å². The van der Waals surface area contributed by atoms with Gasteiger partial charge in [0.15, 0.2) is 0 Å². The summed E-state index contributed by atoms with van der Waals surface area (Å²) in [5.74, 6) is -0.109. The zero-order valence-corrected chi connectivity index (χ0v) is 5.12. The van der Waals surface area contributed by atoms with Crippen molar-refractivity contribution >= 4 is 7.69 Å². The molecule has 51 valence electrons. The van der Waals surface area contributed by atoms with Gasteiger partial charge >= 0.3 is 7.69 Å². The summed E-state index contributed by atoms with van der Waals surface area (Å²) in [7, 11) is 0.509. The second-order valence-electron chi connectivity index (χ2n) is 1.68. The van der Waals surface area contributed by atoms with Crippen LogP contribution in [0.5, 0.6) is 5.75 Å². The van der Waals surface area contributed by atoms with Gasteiger partial charge in [-0.05, 0) is 12.1 Å². The van der Waals surface area contributed by atoms with Crippen LogP contribution in [-0.4, -0.2) is 12.7 Å². The van der Waals surface area contributed by atoms with Gasteiger partial charge in [-0.25, -0.2) is 4.39 Å². The van der Waals surface area contributed by atoms with Crippen LogP contribution in [-0.2, 0) is 0 Å². The molecule has 0 aliphatic heterocycles. The van der Waals surface area contributed by atoms with Crippen molar-refractivity contribution in [1.82, 2.24) is 0 Å². The molecule has 1 aromatic carbocycles. The maximum absolute atomic E-state index is 12.3. The molecule has 4 heteroatoms. The molecule has 1 radical (unpaired) electrons. The number of benzene rings is 1. The van der Waals surface area contributed by atoms with E-state index in [4.69, 9.17) is 5.02 Å². The van der Waals surface area contributed by atoms with Crippen molar-refractivity contribution in [2.24, 2.45) is 0 Å². The smallest absolute Gasteiger partial charge is 0.537 e. The number of halogens is 1. The third-order valence-corrected chi connectivity index (χ3v) is 0.985. The molecule has 0 aliphatic carbocycles. The third kappa shape index (κ3) is 1.74. The highest BCUT2D eigenvalue weighted by atomic mass is 19.1. The van der Waals surface area contributed by atoms with Crippen molar-refractivity contribution in [2.75, 3.05) is 0 Å². The van der Waals surface area contributed by atoms with E-state index in [9.17, 15) is 4.39 Å². The Hall–Kier alpha value is -1.03. The van der Waals surface area contributed by atoms with E-state index in [0.717, 1.165) is 0 Å². The monoisotopic (exact) mass is 139 g/mol. The maximum Gasteiger partial charge on any atom is 0.569 e. The van der Waals surface area contributed by atoms with Crippen molar-refractivity contribution in [3.8, 4) is 5.75 Å². The van der Waals surface area contributed by atoms with Crippen molar-refractivity contribution < 1.29 is 14.1 Å². The molecule has 0 unspecified atom stereocenters. The second kappa shape index (κ2) is 3.22. The van der Waals surface area contributed by atoms with Gasteiger partial charge in [-0.1, -0.05) is 6.07 Å². The standard InChI is InChI=1S/C6H5BFO2/c8-5-2-1-3-6(4-5)10-7-9/h1-4,9H. The lowest BCUT2D eigenvalue weighted by molar-refractivity contribution is 0.451. The molecule has 2 nitrogen and oxygen atoms in total. The minimum atomic E-state index is -0.389. The normalized spacial score (nSPS) is 9.00. The molecule has 0 bridgehead atoms. The first-order valence-electron chi connectivity index (χ1n) is 2.71. The van der Waals surface area contributed by atoms with Crippen LogP contribution in [0.4, 0.5) is 4.39 Å². The lowest BCUT2D eigenvalue weighted by atomic mass is 10.3. The molecule has 0 aromatic heterocycles. The molecule has 1 N–H and O–H groups in total. The van der Waals surface area contributed by atoms with Crippen LogP contribution in [0, 0.1) is 5.82 Å². The van der Waals surface area contributed by atoms with Crippen molar-refractivity contribution in [3.63, 3.8) is 0 Å². The van der Waals surface area contributed by atoms with Crippen molar-refractivity contribution in [2.45, 2.75) is 0 Å². The predicted molar refractivity (Wildman–Crippen MR) is 35.0 cm³/mol. The maximum atomic E-state index is 12.3. The van der Waals surface area contributed by atoms with Crippen LogP contribution in [0.1, 0.15) is 0 Å². The molecule has 0 amide bonds. The van der Waals surface area contributed by atoms with Gasteiger partial charge in [0.05, 0.1) is 0 Å². The van der Waals surface area contributed by atoms with Gasteiger partial charge in [0, 0.05) is 6.07 Å². The molecule has 0 aliphatic rings. The average molecular weight is 139 g/mol. The summed E-state index contributed by atoms with van der Waals surface area (Å²) < 4.78 is 16.8. The summed E-state index contributed by atoms with van der Waals surface area (Å²) >= 11 is 0. The Balaban J connectivity index is 2.75. The first kappa shape index (κ1) is 7.09. The fraction of sp³-hybridized carbons (Fsp3) is 0. The Morgan fingerprint density at radius 1 is 1.50 bits per heavy atom. The Labute approximate surface area is 58.6 Å². The summed E-state index contributed by atoms with van der Waals surface area (Å²) in [6.07, 6.45) is 0. The van der Waals surface area contributed by atoms with E-state index in [0.29, 0.717) is 7.69 Å². The van der Waals surface area contributed by atoms with Crippen molar-refractivity contribution in [1.29, 1.82) is 0 Å². The van der Waals surface area contributed by atoms with Gasteiger partial charge in [0.1, 0.15) is 11.6 Å². The summed E-state index contributed by atoms with van der Waals surface area (Å²) in [5.41, 5.74) is 0. The van der Waals surface area contributed by atoms with E-state index in [-0.39, 0.29) is 11.6 Å². The Morgan fingerprint density at radius 3 is 2.90 bits per heavy atom. The Kier molecular flexibility index (Phi) is 2.28. The first-order chi connectivity index (χ1) is 4.83. The molecule has 0 fully saturated rings. The molecular weight excluding hydrogens is 134 g/mol. The molecule has 1 aromatic rings. The molecule has 0 heterocycles. The molecule has 10 heavy (non-hydrogen) atoms. The number of rotatable bonds is 2. The lowest BCUT2D eigenvalue weighted by Gasteiger charge is -1.98.